The first kappa shape index (κ1) is 21.9. The van der Waals surface area contributed by atoms with Crippen molar-refractivity contribution in [1.82, 2.24) is 30.0 Å². The maximum Gasteiger partial charge on any atom is 0.263 e. The summed E-state index contributed by atoms with van der Waals surface area (Å²) < 4.78 is 0. The molecule has 0 saturated heterocycles. The van der Waals surface area contributed by atoms with Gasteiger partial charge in [0.1, 0.15) is 11.3 Å². The zero-order valence-corrected chi connectivity index (χ0v) is 18.5. The van der Waals surface area contributed by atoms with Gasteiger partial charge in [0.05, 0.1) is 6.20 Å². The molecule has 1 atom stereocenters. The summed E-state index contributed by atoms with van der Waals surface area (Å²) in [4.78, 5) is 26.9. The number of likely N-dealkylation sites (N-methyl/N-ethyl adjacent to an activating group) is 1. The van der Waals surface area contributed by atoms with Gasteiger partial charge >= 0.3 is 0 Å². The first-order valence-electron chi connectivity index (χ1n) is 10.4. The Morgan fingerprint density at radius 1 is 1.24 bits per heavy atom. The molecule has 9 nitrogen and oxygen atoms in total. The van der Waals surface area contributed by atoms with Gasteiger partial charge in [-0.3, -0.25) is 9.89 Å². The van der Waals surface area contributed by atoms with E-state index in [9.17, 15) is 9.90 Å². The van der Waals surface area contributed by atoms with E-state index in [1.54, 1.807) is 37.8 Å². The summed E-state index contributed by atoms with van der Waals surface area (Å²) in [5, 5.41) is 17.8. The van der Waals surface area contributed by atoms with Crippen LogP contribution in [0.1, 0.15) is 18.2 Å². The number of nitrogens with one attached hydrogen (secondary N) is 1. The standard InChI is InChI=1S/C24H23N7O2/c1-4-31(3)24(33)20(32)9-8-15-6-5-7-16(10-15)23-27-12-19-18(17-13-28-30-14(17)2)11-26-22(25)21(19)29-23/h5-7,10-13,20,32H,4H2,1-3H3,(H2,25,26)(H,28,30)/t20-/m1/s1. The van der Waals surface area contributed by atoms with Gasteiger partial charge in [0.2, 0.25) is 0 Å². The number of rotatable bonds is 4. The van der Waals surface area contributed by atoms with Crippen LogP contribution in [0.4, 0.5) is 5.82 Å². The average Bonchev–Trinajstić information content (AvgIpc) is 3.27. The van der Waals surface area contributed by atoms with Crippen molar-refractivity contribution in [2.24, 2.45) is 0 Å². The van der Waals surface area contributed by atoms with Crippen LogP contribution in [-0.4, -0.2) is 60.8 Å². The van der Waals surface area contributed by atoms with Gasteiger partial charge in [-0.15, -0.1) is 0 Å². The first-order valence-corrected chi connectivity index (χ1v) is 10.4. The number of aliphatic hydroxyl groups excluding tert-OH is 1. The van der Waals surface area contributed by atoms with Gasteiger partial charge < -0.3 is 15.7 Å². The molecule has 1 aromatic carbocycles. The zero-order chi connectivity index (χ0) is 23.5. The number of hydrogen-bond donors (Lipinski definition) is 3. The highest BCUT2D eigenvalue weighted by Gasteiger charge is 2.16. The van der Waals surface area contributed by atoms with Gasteiger partial charge in [0.15, 0.2) is 11.9 Å². The maximum atomic E-state index is 12.0. The minimum Gasteiger partial charge on any atom is -0.382 e. The number of fused-ring (bicyclic) bond motifs is 1. The predicted molar refractivity (Wildman–Crippen MR) is 126 cm³/mol. The van der Waals surface area contributed by atoms with Crippen molar-refractivity contribution in [3.05, 3.63) is 54.1 Å². The van der Waals surface area contributed by atoms with Gasteiger partial charge in [-0.05, 0) is 26.0 Å². The second kappa shape index (κ2) is 9.06. The second-order valence-electron chi connectivity index (χ2n) is 7.53. The molecular formula is C24H23N7O2. The zero-order valence-electron chi connectivity index (χ0n) is 18.5. The lowest BCUT2D eigenvalue weighted by Gasteiger charge is -2.15. The smallest absolute Gasteiger partial charge is 0.263 e. The summed E-state index contributed by atoms with van der Waals surface area (Å²) in [5.74, 6) is 5.76. The molecule has 4 rings (SSSR count). The molecule has 0 aliphatic heterocycles. The number of nitrogens with two attached hydrogens (primary N) is 1. The number of nitrogen functional groups attached to an aromatic ring is 1. The fourth-order valence-corrected chi connectivity index (χ4v) is 3.33. The highest BCUT2D eigenvalue weighted by molar-refractivity contribution is 5.99. The van der Waals surface area contributed by atoms with E-state index in [0.717, 1.165) is 27.8 Å². The van der Waals surface area contributed by atoms with Gasteiger partial charge in [0.25, 0.3) is 5.91 Å². The number of aromatic amines is 1. The summed E-state index contributed by atoms with van der Waals surface area (Å²) in [6.07, 6.45) is 3.76. The molecule has 0 fully saturated rings. The minimum atomic E-state index is -1.38. The second-order valence-corrected chi connectivity index (χ2v) is 7.53. The summed E-state index contributed by atoms with van der Waals surface area (Å²) in [7, 11) is 1.62. The number of aliphatic hydroxyl groups is 1. The van der Waals surface area contributed by atoms with Gasteiger partial charge in [-0.1, -0.05) is 24.0 Å². The molecular weight excluding hydrogens is 418 g/mol. The summed E-state index contributed by atoms with van der Waals surface area (Å²) in [6.45, 7) is 4.25. The average molecular weight is 441 g/mol. The maximum absolute atomic E-state index is 12.0. The lowest BCUT2D eigenvalue weighted by molar-refractivity contribution is -0.135. The van der Waals surface area contributed by atoms with E-state index in [0.29, 0.717) is 29.3 Å². The van der Waals surface area contributed by atoms with Crippen molar-refractivity contribution >= 4 is 22.6 Å². The Balaban J connectivity index is 1.70. The van der Waals surface area contributed by atoms with E-state index < -0.39 is 12.0 Å². The Bertz CT molecular complexity index is 1400. The van der Waals surface area contributed by atoms with Gasteiger partial charge in [-0.25, -0.2) is 15.0 Å². The Kier molecular flexibility index (Phi) is 6.02. The third kappa shape index (κ3) is 4.37. The summed E-state index contributed by atoms with van der Waals surface area (Å²) in [6, 6.07) is 7.25. The molecule has 4 aromatic rings. The molecule has 0 saturated carbocycles. The number of aromatic nitrogens is 5. The fourth-order valence-electron chi connectivity index (χ4n) is 3.33. The molecule has 9 heteroatoms. The molecule has 4 N–H and O–H groups in total. The van der Waals surface area contributed by atoms with E-state index in [4.69, 9.17) is 5.73 Å². The number of pyridine rings is 1. The van der Waals surface area contributed by atoms with Crippen LogP contribution in [0.3, 0.4) is 0 Å². The Morgan fingerprint density at radius 3 is 2.79 bits per heavy atom. The number of amides is 1. The summed E-state index contributed by atoms with van der Waals surface area (Å²) >= 11 is 0. The van der Waals surface area contributed by atoms with Crippen molar-refractivity contribution in [2.45, 2.75) is 20.0 Å². The monoisotopic (exact) mass is 441 g/mol. The van der Waals surface area contributed by atoms with E-state index in [1.165, 1.54) is 4.90 Å². The van der Waals surface area contributed by atoms with Crippen LogP contribution >= 0.6 is 0 Å². The number of aryl methyl sites for hydroxylation is 1. The Hall–Kier alpha value is -4.29. The lowest BCUT2D eigenvalue weighted by Crippen LogP contribution is -2.35. The number of anilines is 1. The van der Waals surface area contributed by atoms with Crippen molar-refractivity contribution in [1.29, 1.82) is 0 Å². The molecule has 0 aliphatic carbocycles. The van der Waals surface area contributed by atoms with Crippen molar-refractivity contribution in [3.8, 4) is 34.4 Å². The molecule has 1 amide bonds. The number of carbonyl (C=O) groups is 1. The topological polar surface area (TPSA) is 134 Å². The number of hydrogen-bond acceptors (Lipinski definition) is 7. The van der Waals surface area contributed by atoms with E-state index in [2.05, 4.69) is 37.0 Å². The number of benzene rings is 1. The third-order valence-electron chi connectivity index (χ3n) is 5.33. The van der Waals surface area contributed by atoms with Crippen LogP contribution in [0.2, 0.25) is 0 Å². The molecule has 0 aliphatic rings. The molecule has 0 bridgehead atoms. The fraction of sp³-hybridized carbons (Fsp3) is 0.208. The SMILES string of the molecule is CCN(C)C(=O)[C@H](O)C#Cc1cccc(-c2ncc3c(-c4cn[nH]c4C)cnc(N)c3n2)c1. The molecule has 0 radical (unpaired) electrons. The van der Waals surface area contributed by atoms with E-state index in [-0.39, 0.29) is 0 Å². The highest BCUT2D eigenvalue weighted by Crippen LogP contribution is 2.31. The largest absolute Gasteiger partial charge is 0.382 e. The Morgan fingerprint density at radius 2 is 2.06 bits per heavy atom. The number of carbonyl (C=O) groups excluding carboxylic acids is 1. The number of nitrogens with zero attached hydrogens (tertiary/aromatic N) is 5. The third-order valence-corrected chi connectivity index (χ3v) is 5.33. The van der Waals surface area contributed by atoms with E-state index >= 15 is 0 Å². The van der Waals surface area contributed by atoms with Crippen LogP contribution in [0, 0.1) is 18.8 Å². The molecule has 0 spiro atoms. The quantitative estimate of drug-likeness (QED) is 0.413. The summed E-state index contributed by atoms with van der Waals surface area (Å²) in [5.41, 5.74) is 10.7. The van der Waals surface area contributed by atoms with Gasteiger partial charge in [0, 0.05) is 59.3 Å². The highest BCUT2D eigenvalue weighted by atomic mass is 16.3. The van der Waals surface area contributed by atoms with Crippen LogP contribution in [0.5, 0.6) is 0 Å². The molecule has 0 unspecified atom stereocenters. The van der Waals surface area contributed by atoms with Crippen LogP contribution in [-0.2, 0) is 4.79 Å². The van der Waals surface area contributed by atoms with Crippen LogP contribution in [0.25, 0.3) is 33.4 Å². The van der Waals surface area contributed by atoms with Crippen LogP contribution < -0.4 is 5.73 Å². The normalized spacial score (nSPS) is 11.6. The van der Waals surface area contributed by atoms with Crippen molar-refractivity contribution in [3.63, 3.8) is 0 Å². The minimum absolute atomic E-state index is 0.302. The Labute approximate surface area is 190 Å². The molecule has 3 aromatic heterocycles. The lowest BCUT2D eigenvalue weighted by atomic mass is 10.0. The molecule has 166 valence electrons. The van der Waals surface area contributed by atoms with Crippen molar-refractivity contribution in [2.75, 3.05) is 19.3 Å². The first-order chi connectivity index (χ1) is 15.9. The number of H-pyrrole nitrogens is 1. The van der Waals surface area contributed by atoms with E-state index in [1.807, 2.05) is 26.0 Å². The van der Waals surface area contributed by atoms with Crippen molar-refractivity contribution < 1.29 is 9.90 Å². The molecule has 3 heterocycles. The molecule has 33 heavy (non-hydrogen) atoms. The van der Waals surface area contributed by atoms with Gasteiger partial charge in [-0.2, -0.15) is 5.10 Å². The predicted octanol–water partition coefficient (Wildman–Crippen LogP) is 2.16. The van der Waals surface area contributed by atoms with Crippen LogP contribution in [0.15, 0.2) is 42.9 Å².